The second kappa shape index (κ2) is 5.08. The molecule has 2 rings (SSSR count). The predicted octanol–water partition coefficient (Wildman–Crippen LogP) is 3.73. The number of carbonyl (C=O) groups excluding carboxylic acids is 1. The van der Waals surface area contributed by atoms with E-state index in [1.54, 1.807) is 0 Å². The molecule has 0 saturated heterocycles. The number of alkyl halides is 3. The average molecular weight is 289 g/mol. The van der Waals surface area contributed by atoms with E-state index in [4.69, 9.17) is 0 Å². The Bertz CT molecular complexity index is 592. The van der Waals surface area contributed by atoms with Crippen molar-refractivity contribution in [3.05, 3.63) is 51.7 Å². The highest BCUT2D eigenvalue weighted by Crippen LogP contribution is 2.30. The first-order valence-corrected chi connectivity index (χ1v) is 6.03. The normalized spacial score (nSPS) is 11.6. The zero-order valence-electron chi connectivity index (χ0n) is 9.37. The summed E-state index contributed by atoms with van der Waals surface area (Å²) in [5.74, 6) is -1.66. The van der Waals surface area contributed by atoms with E-state index in [0.717, 1.165) is 0 Å². The Morgan fingerprint density at radius 1 is 1.32 bits per heavy atom. The molecule has 19 heavy (non-hydrogen) atoms. The van der Waals surface area contributed by atoms with Crippen LogP contribution in [0, 0.1) is 5.82 Å². The van der Waals surface area contributed by atoms with Crippen molar-refractivity contribution < 1.29 is 22.4 Å². The van der Waals surface area contributed by atoms with E-state index < -0.39 is 28.9 Å². The summed E-state index contributed by atoms with van der Waals surface area (Å²) in [6.45, 7) is 0. The minimum Gasteiger partial charge on any atom is -0.294 e. The molecule has 0 amide bonds. The third-order valence-electron chi connectivity index (χ3n) is 2.41. The van der Waals surface area contributed by atoms with Gasteiger partial charge in [-0.3, -0.25) is 9.78 Å². The van der Waals surface area contributed by atoms with E-state index in [9.17, 15) is 22.4 Å². The predicted molar refractivity (Wildman–Crippen MR) is 61.6 cm³/mol. The minimum atomic E-state index is -4.60. The van der Waals surface area contributed by atoms with Crippen molar-refractivity contribution in [1.29, 1.82) is 0 Å². The van der Waals surface area contributed by atoms with Gasteiger partial charge in [0.15, 0.2) is 5.78 Å². The van der Waals surface area contributed by atoms with Crippen LogP contribution in [0.25, 0.3) is 0 Å². The summed E-state index contributed by atoms with van der Waals surface area (Å²) in [4.78, 5) is 16.1. The second-order valence-electron chi connectivity index (χ2n) is 3.76. The molecule has 0 spiro atoms. The van der Waals surface area contributed by atoms with Crippen LogP contribution in [0.5, 0.6) is 0 Å². The van der Waals surface area contributed by atoms with Crippen LogP contribution >= 0.6 is 11.3 Å². The van der Waals surface area contributed by atoms with Gasteiger partial charge in [-0.2, -0.15) is 13.2 Å². The standard InChI is InChI=1S/C12H7F4NOS/c13-10-2-1-7(12(14,15)16)3-9(10)11(18)4-8-5-17-6-19-8/h1-3,5-6H,4H2. The zero-order valence-corrected chi connectivity index (χ0v) is 10.2. The van der Waals surface area contributed by atoms with Crippen molar-refractivity contribution in [2.45, 2.75) is 12.6 Å². The maximum absolute atomic E-state index is 13.4. The highest BCUT2D eigenvalue weighted by Gasteiger charge is 2.31. The number of thiazole rings is 1. The second-order valence-corrected chi connectivity index (χ2v) is 4.73. The highest BCUT2D eigenvalue weighted by atomic mass is 32.1. The molecule has 0 aliphatic heterocycles. The molecular weight excluding hydrogens is 282 g/mol. The number of hydrogen-bond acceptors (Lipinski definition) is 3. The van der Waals surface area contributed by atoms with E-state index >= 15 is 0 Å². The van der Waals surface area contributed by atoms with Crippen LogP contribution in [0.15, 0.2) is 29.9 Å². The lowest BCUT2D eigenvalue weighted by atomic mass is 10.0. The molecule has 2 nitrogen and oxygen atoms in total. The number of carbonyl (C=O) groups is 1. The topological polar surface area (TPSA) is 30.0 Å². The van der Waals surface area contributed by atoms with Crippen LogP contribution in [-0.2, 0) is 12.6 Å². The first-order chi connectivity index (χ1) is 8.88. The molecule has 0 fully saturated rings. The number of aromatic nitrogens is 1. The maximum Gasteiger partial charge on any atom is 0.416 e. The van der Waals surface area contributed by atoms with Gasteiger partial charge in [0.1, 0.15) is 5.82 Å². The number of rotatable bonds is 3. The van der Waals surface area contributed by atoms with Crippen molar-refractivity contribution in [2.24, 2.45) is 0 Å². The summed E-state index contributed by atoms with van der Waals surface area (Å²) in [5, 5.41) is 0. The van der Waals surface area contributed by atoms with E-state index in [-0.39, 0.29) is 6.42 Å². The van der Waals surface area contributed by atoms with Gasteiger partial charge in [-0.05, 0) is 18.2 Å². The Kier molecular flexibility index (Phi) is 3.66. The molecule has 0 N–H and O–H groups in total. The largest absolute Gasteiger partial charge is 0.416 e. The van der Waals surface area contributed by atoms with Gasteiger partial charge in [0.2, 0.25) is 0 Å². The van der Waals surface area contributed by atoms with Crippen molar-refractivity contribution in [2.75, 3.05) is 0 Å². The summed E-state index contributed by atoms with van der Waals surface area (Å²) in [5.41, 5.74) is -0.102. The smallest absolute Gasteiger partial charge is 0.294 e. The number of ketones is 1. The lowest BCUT2D eigenvalue weighted by Gasteiger charge is -2.08. The molecule has 0 aliphatic rings. The Balaban J connectivity index is 2.31. The first-order valence-electron chi connectivity index (χ1n) is 5.15. The van der Waals surface area contributed by atoms with Gasteiger partial charge < -0.3 is 0 Å². The van der Waals surface area contributed by atoms with Crippen molar-refractivity contribution in [3.63, 3.8) is 0 Å². The molecule has 0 atom stereocenters. The maximum atomic E-state index is 13.4. The monoisotopic (exact) mass is 289 g/mol. The Hall–Kier alpha value is -1.76. The molecule has 0 saturated carbocycles. The Morgan fingerprint density at radius 3 is 2.63 bits per heavy atom. The lowest BCUT2D eigenvalue weighted by Crippen LogP contribution is -2.10. The summed E-state index contributed by atoms with van der Waals surface area (Å²) in [7, 11) is 0. The van der Waals surface area contributed by atoms with Gasteiger partial charge in [0, 0.05) is 17.5 Å². The van der Waals surface area contributed by atoms with Crippen LogP contribution in [0.1, 0.15) is 20.8 Å². The SMILES string of the molecule is O=C(Cc1cncs1)c1cc(C(F)(F)F)ccc1F. The summed E-state index contributed by atoms with van der Waals surface area (Å²) >= 11 is 1.18. The van der Waals surface area contributed by atoms with Gasteiger partial charge >= 0.3 is 6.18 Å². The molecule has 7 heteroatoms. The lowest BCUT2D eigenvalue weighted by molar-refractivity contribution is -0.137. The van der Waals surface area contributed by atoms with Gasteiger partial charge in [0.05, 0.1) is 16.6 Å². The van der Waals surface area contributed by atoms with Crippen LogP contribution < -0.4 is 0 Å². The highest BCUT2D eigenvalue weighted by molar-refractivity contribution is 7.09. The van der Waals surface area contributed by atoms with Crippen molar-refractivity contribution >= 4 is 17.1 Å². The Morgan fingerprint density at radius 2 is 2.05 bits per heavy atom. The van der Waals surface area contributed by atoms with Gasteiger partial charge in [-0.25, -0.2) is 4.39 Å². The molecule has 0 unspecified atom stereocenters. The molecule has 0 bridgehead atoms. The minimum absolute atomic E-state index is 0.164. The van der Waals surface area contributed by atoms with E-state index in [1.165, 1.54) is 23.0 Å². The molecule has 1 heterocycles. The number of hydrogen-bond donors (Lipinski definition) is 0. The van der Waals surface area contributed by atoms with Crippen LogP contribution in [-0.4, -0.2) is 10.8 Å². The van der Waals surface area contributed by atoms with Crippen LogP contribution in [0.2, 0.25) is 0 Å². The molecule has 2 aromatic rings. The molecule has 0 radical (unpaired) electrons. The molecule has 1 aromatic carbocycles. The van der Waals surface area contributed by atoms with Gasteiger partial charge in [-0.15, -0.1) is 11.3 Å². The third kappa shape index (κ3) is 3.17. The van der Waals surface area contributed by atoms with Crippen LogP contribution in [0.3, 0.4) is 0 Å². The molecular formula is C12H7F4NOS. The molecule has 0 aliphatic carbocycles. The fourth-order valence-electron chi connectivity index (χ4n) is 1.50. The zero-order chi connectivity index (χ0) is 14.0. The van der Waals surface area contributed by atoms with Crippen LogP contribution in [0.4, 0.5) is 17.6 Å². The van der Waals surface area contributed by atoms with Gasteiger partial charge in [0.25, 0.3) is 0 Å². The third-order valence-corrected chi connectivity index (χ3v) is 3.19. The molecule has 100 valence electrons. The van der Waals surface area contributed by atoms with Crippen molar-refractivity contribution in [1.82, 2.24) is 4.98 Å². The quantitative estimate of drug-likeness (QED) is 0.636. The number of halogens is 4. The number of benzene rings is 1. The molecule has 1 aromatic heterocycles. The van der Waals surface area contributed by atoms with E-state index in [1.807, 2.05) is 0 Å². The first kappa shape index (κ1) is 13.7. The summed E-state index contributed by atoms with van der Waals surface area (Å²) < 4.78 is 50.9. The average Bonchev–Trinajstić information content (AvgIpc) is 2.80. The fraction of sp³-hybridized carbons (Fsp3) is 0.167. The fourth-order valence-corrected chi connectivity index (χ4v) is 2.09. The number of Topliss-reactive ketones (excluding diaryl/α,β-unsaturated/α-hetero) is 1. The van der Waals surface area contributed by atoms with Crippen molar-refractivity contribution in [3.8, 4) is 0 Å². The van der Waals surface area contributed by atoms with E-state index in [2.05, 4.69) is 4.98 Å². The number of nitrogens with zero attached hydrogens (tertiary/aromatic N) is 1. The summed E-state index contributed by atoms with van der Waals surface area (Å²) in [6.07, 6.45) is -3.34. The Labute approximate surface area is 109 Å². The van der Waals surface area contributed by atoms with E-state index in [0.29, 0.717) is 23.1 Å². The summed E-state index contributed by atoms with van der Waals surface area (Å²) in [6, 6.07) is 1.81. The van der Waals surface area contributed by atoms with Gasteiger partial charge in [-0.1, -0.05) is 0 Å².